The van der Waals surface area contributed by atoms with E-state index in [0.717, 1.165) is 0 Å². The number of nitrogens with zero attached hydrogens (tertiary/aromatic N) is 3. The number of methoxy groups -OCH3 is 1. The smallest absolute Gasteiger partial charge is 0.307 e. The second kappa shape index (κ2) is 6.75. The zero-order chi connectivity index (χ0) is 17.0. The predicted octanol–water partition coefficient (Wildman–Crippen LogP) is -0.0707. The first-order chi connectivity index (χ1) is 10.8. The van der Waals surface area contributed by atoms with Crippen LogP contribution in [0, 0.1) is 0 Å². The van der Waals surface area contributed by atoms with Gasteiger partial charge in [0.15, 0.2) is 0 Å². The highest BCUT2D eigenvalue weighted by Crippen LogP contribution is 2.23. The molecule has 0 saturated heterocycles. The van der Waals surface area contributed by atoms with Crippen molar-refractivity contribution in [3.8, 4) is 5.75 Å². The van der Waals surface area contributed by atoms with Crippen LogP contribution in [0.25, 0.3) is 0 Å². The number of aryl methyl sites for hydroxylation is 1. The number of carboxylic acid groups (broad SMARTS) is 1. The molecule has 2 aromatic rings. The zero-order valence-electron chi connectivity index (χ0n) is 12.6. The van der Waals surface area contributed by atoms with Gasteiger partial charge in [-0.15, -0.1) is 5.10 Å². The fourth-order valence-corrected chi connectivity index (χ4v) is 3.00. The van der Waals surface area contributed by atoms with Gasteiger partial charge in [0.1, 0.15) is 5.75 Å². The van der Waals surface area contributed by atoms with Gasteiger partial charge in [-0.25, -0.2) is 13.1 Å². The van der Waals surface area contributed by atoms with Crippen molar-refractivity contribution in [2.75, 3.05) is 7.11 Å². The molecule has 23 heavy (non-hydrogen) atoms. The fourth-order valence-electron chi connectivity index (χ4n) is 1.95. The molecule has 1 heterocycles. The molecule has 1 aromatic carbocycles. The largest absolute Gasteiger partial charge is 0.496 e. The summed E-state index contributed by atoms with van der Waals surface area (Å²) in [5, 5.41) is 16.3. The average molecular weight is 340 g/mol. The summed E-state index contributed by atoms with van der Waals surface area (Å²) >= 11 is 0. The van der Waals surface area contributed by atoms with E-state index in [1.807, 2.05) is 0 Å². The van der Waals surface area contributed by atoms with E-state index in [-0.39, 0.29) is 23.4 Å². The third-order valence-corrected chi connectivity index (χ3v) is 4.55. The number of sulfonamides is 1. The van der Waals surface area contributed by atoms with Gasteiger partial charge in [0.25, 0.3) is 0 Å². The summed E-state index contributed by atoms with van der Waals surface area (Å²) in [5.74, 6) is -0.756. The molecular weight excluding hydrogens is 324 g/mol. The van der Waals surface area contributed by atoms with Gasteiger partial charge in [0.05, 0.1) is 36.9 Å². The normalized spacial score (nSPS) is 11.4. The van der Waals surface area contributed by atoms with Gasteiger partial charge in [-0.3, -0.25) is 9.48 Å². The number of nitrogens with one attached hydrogen (secondary N) is 1. The fraction of sp³-hybridized carbons (Fsp3) is 0.308. The van der Waals surface area contributed by atoms with E-state index in [1.54, 1.807) is 7.05 Å². The highest BCUT2D eigenvalue weighted by atomic mass is 32.2. The number of carboxylic acids is 1. The van der Waals surface area contributed by atoms with Gasteiger partial charge < -0.3 is 9.84 Å². The maximum Gasteiger partial charge on any atom is 0.307 e. The molecule has 0 fully saturated rings. The molecule has 1 aromatic heterocycles. The summed E-state index contributed by atoms with van der Waals surface area (Å²) in [5.41, 5.74) is 0.873. The summed E-state index contributed by atoms with van der Waals surface area (Å²) in [6.07, 6.45) is 1.12. The lowest BCUT2D eigenvalue weighted by Gasteiger charge is -2.11. The molecule has 0 aliphatic heterocycles. The zero-order valence-corrected chi connectivity index (χ0v) is 13.4. The summed E-state index contributed by atoms with van der Waals surface area (Å²) in [7, 11) is -0.765. The van der Waals surface area contributed by atoms with Crippen LogP contribution in [0.5, 0.6) is 5.75 Å². The number of carbonyl (C=O) groups is 1. The Morgan fingerprint density at radius 2 is 2.17 bits per heavy atom. The van der Waals surface area contributed by atoms with E-state index in [4.69, 9.17) is 9.84 Å². The van der Waals surface area contributed by atoms with Crippen LogP contribution in [0.2, 0.25) is 0 Å². The van der Waals surface area contributed by atoms with Crippen LogP contribution in [0.3, 0.4) is 0 Å². The second-order valence-corrected chi connectivity index (χ2v) is 6.48. The van der Waals surface area contributed by atoms with Gasteiger partial charge in [-0.1, -0.05) is 5.21 Å². The molecular formula is C13H16N4O5S. The minimum Gasteiger partial charge on any atom is -0.496 e. The van der Waals surface area contributed by atoms with Crippen LogP contribution in [-0.4, -0.2) is 41.6 Å². The molecule has 124 valence electrons. The molecule has 2 N–H and O–H groups in total. The number of hydrogen-bond acceptors (Lipinski definition) is 6. The van der Waals surface area contributed by atoms with Gasteiger partial charge in [0, 0.05) is 12.6 Å². The number of ether oxygens (including phenoxy) is 1. The van der Waals surface area contributed by atoms with Crippen molar-refractivity contribution in [2.45, 2.75) is 17.9 Å². The minimum atomic E-state index is -3.80. The molecule has 0 radical (unpaired) electrons. The Morgan fingerprint density at radius 3 is 2.74 bits per heavy atom. The summed E-state index contributed by atoms with van der Waals surface area (Å²) in [6.45, 7) is 0.0200. The van der Waals surface area contributed by atoms with Gasteiger partial charge in [-0.2, -0.15) is 0 Å². The number of aromatic nitrogens is 3. The van der Waals surface area contributed by atoms with Gasteiger partial charge >= 0.3 is 5.97 Å². The molecule has 9 nitrogen and oxygen atoms in total. The summed E-state index contributed by atoms with van der Waals surface area (Å²) in [4.78, 5) is 10.8. The highest BCUT2D eigenvalue weighted by Gasteiger charge is 2.18. The van der Waals surface area contributed by atoms with E-state index < -0.39 is 16.0 Å². The van der Waals surface area contributed by atoms with E-state index in [1.165, 1.54) is 36.2 Å². The van der Waals surface area contributed by atoms with E-state index in [2.05, 4.69) is 15.0 Å². The van der Waals surface area contributed by atoms with Crippen LogP contribution in [0.15, 0.2) is 29.3 Å². The van der Waals surface area contributed by atoms with Crippen molar-refractivity contribution in [2.24, 2.45) is 7.05 Å². The highest BCUT2D eigenvalue weighted by molar-refractivity contribution is 7.89. The van der Waals surface area contributed by atoms with Crippen molar-refractivity contribution in [1.29, 1.82) is 0 Å². The quantitative estimate of drug-likeness (QED) is 0.723. The maximum atomic E-state index is 12.3. The number of hydrogen-bond donors (Lipinski definition) is 2. The molecule has 0 saturated carbocycles. The van der Waals surface area contributed by atoms with Gasteiger partial charge in [0.2, 0.25) is 10.0 Å². The van der Waals surface area contributed by atoms with Crippen LogP contribution < -0.4 is 9.46 Å². The van der Waals surface area contributed by atoms with E-state index in [9.17, 15) is 13.2 Å². The molecule has 10 heteroatoms. The molecule has 0 spiro atoms. The van der Waals surface area contributed by atoms with Crippen molar-refractivity contribution in [1.82, 2.24) is 19.7 Å². The average Bonchev–Trinajstić information content (AvgIpc) is 2.90. The van der Waals surface area contributed by atoms with Crippen LogP contribution in [0.1, 0.15) is 11.3 Å². The first kappa shape index (κ1) is 16.9. The van der Waals surface area contributed by atoms with Crippen LogP contribution in [0.4, 0.5) is 0 Å². The SMILES string of the molecule is COc1ccc(S(=O)(=O)NCc2cnnn2C)cc1CC(=O)O. The Hall–Kier alpha value is -2.46. The standard InChI is InChI=1S/C13H16N4O5S/c1-17-10(7-14-16-17)8-15-23(20,21)11-3-4-12(22-2)9(5-11)6-13(18)19/h3-5,7,15H,6,8H2,1-2H3,(H,18,19). The lowest BCUT2D eigenvalue weighted by molar-refractivity contribution is -0.136. The van der Waals surface area contributed by atoms with Crippen molar-refractivity contribution >= 4 is 16.0 Å². The van der Waals surface area contributed by atoms with Crippen molar-refractivity contribution in [3.05, 3.63) is 35.7 Å². The Bertz CT molecular complexity index is 816. The molecule has 0 aliphatic rings. The third kappa shape index (κ3) is 4.05. The molecule has 0 bridgehead atoms. The van der Waals surface area contributed by atoms with E-state index >= 15 is 0 Å². The molecule has 0 amide bonds. The van der Waals surface area contributed by atoms with E-state index in [0.29, 0.717) is 11.4 Å². The third-order valence-electron chi connectivity index (χ3n) is 3.16. The Balaban J connectivity index is 2.25. The monoisotopic (exact) mass is 340 g/mol. The molecule has 0 aliphatic carbocycles. The lowest BCUT2D eigenvalue weighted by atomic mass is 10.1. The number of benzene rings is 1. The van der Waals surface area contributed by atoms with Gasteiger partial charge in [-0.05, 0) is 18.2 Å². The molecule has 2 rings (SSSR count). The number of rotatable bonds is 7. The minimum absolute atomic E-state index is 0.0200. The Labute approximate surface area is 132 Å². The van der Waals surface area contributed by atoms with Crippen molar-refractivity contribution < 1.29 is 23.1 Å². The first-order valence-corrected chi connectivity index (χ1v) is 8.03. The summed E-state index contributed by atoms with van der Waals surface area (Å²) in [6, 6.07) is 4.07. The first-order valence-electron chi connectivity index (χ1n) is 6.55. The second-order valence-electron chi connectivity index (χ2n) is 4.72. The van der Waals surface area contributed by atoms with Crippen molar-refractivity contribution in [3.63, 3.8) is 0 Å². The predicted molar refractivity (Wildman–Crippen MR) is 79.4 cm³/mol. The molecule has 0 unspecified atom stereocenters. The van der Waals surface area contributed by atoms with Crippen LogP contribution in [-0.2, 0) is 34.8 Å². The maximum absolute atomic E-state index is 12.3. The topological polar surface area (TPSA) is 123 Å². The number of aliphatic carboxylic acids is 1. The summed E-state index contributed by atoms with van der Waals surface area (Å²) < 4.78 is 33.6. The molecule has 0 atom stereocenters. The van der Waals surface area contributed by atoms with Crippen LogP contribution >= 0.6 is 0 Å². The Kier molecular flexibility index (Phi) is 4.96. The Morgan fingerprint density at radius 1 is 1.43 bits per heavy atom. The lowest BCUT2D eigenvalue weighted by Crippen LogP contribution is -2.24.